The Hall–Kier alpha value is -1.33. The molecule has 0 fully saturated rings. The van der Waals surface area contributed by atoms with Crippen LogP contribution in [-0.4, -0.2) is 42.4 Å². The molecule has 0 radical (unpaired) electrons. The summed E-state index contributed by atoms with van der Waals surface area (Å²) < 4.78 is 4.45. The van der Waals surface area contributed by atoms with Crippen LogP contribution in [-0.2, 0) is 16.0 Å². The fourth-order valence-electron chi connectivity index (χ4n) is 1.36. The molecule has 0 amide bonds. The number of ether oxygens (including phenoxy) is 1. The summed E-state index contributed by atoms with van der Waals surface area (Å²) in [6.07, 6.45) is 2.10. The van der Waals surface area contributed by atoms with Crippen LogP contribution in [0.4, 0.5) is 0 Å². The van der Waals surface area contributed by atoms with Crippen molar-refractivity contribution >= 4 is 5.97 Å². The van der Waals surface area contributed by atoms with E-state index in [-0.39, 0.29) is 6.42 Å². The third kappa shape index (κ3) is 4.95. The predicted octanol–water partition coefficient (Wildman–Crippen LogP) is 0.0708. The number of hydrogen-bond donors (Lipinski definition) is 3. The Labute approximate surface area is 94.8 Å². The molecular formula is C11H18N2O3. The van der Waals surface area contributed by atoms with Gasteiger partial charge >= 0.3 is 5.97 Å². The highest BCUT2D eigenvalue weighted by Gasteiger charge is 2.09. The molecule has 3 N–H and O–H groups in total. The minimum absolute atomic E-state index is 0.0337. The zero-order valence-electron chi connectivity index (χ0n) is 9.40. The van der Waals surface area contributed by atoms with Crippen molar-refractivity contribution in [2.45, 2.75) is 18.9 Å². The monoisotopic (exact) mass is 226 g/mol. The van der Waals surface area contributed by atoms with Gasteiger partial charge in [0.25, 0.3) is 0 Å². The van der Waals surface area contributed by atoms with Crippen molar-refractivity contribution < 1.29 is 14.6 Å². The molecular weight excluding hydrogens is 208 g/mol. The summed E-state index contributed by atoms with van der Waals surface area (Å²) in [6, 6.07) is 3.95. The van der Waals surface area contributed by atoms with Crippen molar-refractivity contribution in [2.24, 2.45) is 0 Å². The first-order valence-electron chi connectivity index (χ1n) is 5.30. The number of aliphatic hydroxyl groups is 1. The lowest BCUT2D eigenvalue weighted by molar-refractivity contribution is -0.142. The molecule has 0 saturated heterocycles. The zero-order chi connectivity index (χ0) is 11.8. The van der Waals surface area contributed by atoms with Gasteiger partial charge < -0.3 is 20.1 Å². The van der Waals surface area contributed by atoms with E-state index in [1.807, 2.05) is 18.3 Å². The summed E-state index contributed by atoms with van der Waals surface area (Å²) in [5, 5.41) is 12.5. The van der Waals surface area contributed by atoms with E-state index < -0.39 is 12.1 Å². The van der Waals surface area contributed by atoms with Crippen LogP contribution < -0.4 is 5.32 Å². The molecule has 0 aliphatic heterocycles. The van der Waals surface area contributed by atoms with Gasteiger partial charge in [-0.1, -0.05) is 0 Å². The smallest absolute Gasteiger partial charge is 0.308 e. The average Bonchev–Trinajstić information content (AvgIpc) is 2.77. The van der Waals surface area contributed by atoms with Crippen LogP contribution in [0.15, 0.2) is 18.3 Å². The number of hydrogen-bond acceptors (Lipinski definition) is 4. The van der Waals surface area contributed by atoms with Crippen molar-refractivity contribution in [1.82, 2.24) is 10.3 Å². The molecule has 1 atom stereocenters. The van der Waals surface area contributed by atoms with Gasteiger partial charge in [0.05, 0.1) is 19.6 Å². The number of aliphatic hydroxyl groups excluding tert-OH is 1. The molecule has 0 bridgehead atoms. The van der Waals surface area contributed by atoms with Gasteiger partial charge in [0, 0.05) is 25.0 Å². The van der Waals surface area contributed by atoms with Gasteiger partial charge in [0.15, 0.2) is 0 Å². The Bertz CT molecular complexity index is 298. The summed E-state index contributed by atoms with van der Waals surface area (Å²) in [5.74, 6) is -0.390. The topological polar surface area (TPSA) is 74.3 Å². The molecule has 1 heterocycles. The van der Waals surface area contributed by atoms with Gasteiger partial charge in [-0.15, -0.1) is 0 Å². The number of aromatic nitrogens is 1. The molecule has 0 spiro atoms. The first-order chi connectivity index (χ1) is 7.72. The molecule has 1 aromatic heterocycles. The molecule has 0 aliphatic rings. The third-order valence-electron chi connectivity index (χ3n) is 2.24. The quantitative estimate of drug-likeness (QED) is 0.454. The molecule has 5 heteroatoms. The van der Waals surface area contributed by atoms with E-state index in [0.717, 1.165) is 18.7 Å². The lowest BCUT2D eigenvalue weighted by atomic mass is 10.2. The number of esters is 1. The summed E-state index contributed by atoms with van der Waals surface area (Å²) >= 11 is 0. The van der Waals surface area contributed by atoms with Gasteiger partial charge in [-0.3, -0.25) is 4.79 Å². The Morgan fingerprint density at radius 3 is 3.12 bits per heavy atom. The Kier molecular flexibility index (Phi) is 5.60. The maximum Gasteiger partial charge on any atom is 0.308 e. The van der Waals surface area contributed by atoms with E-state index in [9.17, 15) is 9.90 Å². The average molecular weight is 226 g/mol. The second kappa shape index (κ2) is 7.03. The van der Waals surface area contributed by atoms with Crippen LogP contribution in [0.1, 0.15) is 12.1 Å². The second-order valence-electron chi connectivity index (χ2n) is 3.58. The van der Waals surface area contributed by atoms with E-state index in [1.165, 1.54) is 7.11 Å². The van der Waals surface area contributed by atoms with E-state index in [2.05, 4.69) is 15.0 Å². The first-order valence-corrected chi connectivity index (χ1v) is 5.30. The van der Waals surface area contributed by atoms with Crippen molar-refractivity contribution in [1.29, 1.82) is 0 Å². The highest BCUT2D eigenvalue weighted by Crippen LogP contribution is 1.95. The van der Waals surface area contributed by atoms with Crippen molar-refractivity contribution in [3.05, 3.63) is 24.0 Å². The Morgan fingerprint density at radius 2 is 2.50 bits per heavy atom. The van der Waals surface area contributed by atoms with Gasteiger partial charge in [-0.05, 0) is 18.6 Å². The molecule has 0 aromatic carbocycles. The summed E-state index contributed by atoms with van der Waals surface area (Å²) in [4.78, 5) is 13.9. The highest BCUT2D eigenvalue weighted by molar-refractivity contribution is 5.69. The molecule has 5 nitrogen and oxygen atoms in total. The summed E-state index contributed by atoms with van der Waals surface area (Å²) in [7, 11) is 1.31. The predicted molar refractivity (Wildman–Crippen MR) is 60.0 cm³/mol. The van der Waals surface area contributed by atoms with Gasteiger partial charge in [0.2, 0.25) is 0 Å². The Balaban J connectivity index is 2.04. The zero-order valence-corrected chi connectivity index (χ0v) is 9.40. The SMILES string of the molecule is COC(=O)CC(O)CNCCc1ccc[nH]1. The van der Waals surface area contributed by atoms with Crippen LogP contribution in [0, 0.1) is 0 Å². The maximum absolute atomic E-state index is 10.8. The molecule has 1 unspecified atom stereocenters. The van der Waals surface area contributed by atoms with Crippen LogP contribution >= 0.6 is 0 Å². The van der Waals surface area contributed by atoms with Crippen LogP contribution in [0.3, 0.4) is 0 Å². The van der Waals surface area contributed by atoms with Crippen LogP contribution in [0.5, 0.6) is 0 Å². The number of aromatic amines is 1. The van der Waals surface area contributed by atoms with Crippen molar-refractivity contribution in [3.63, 3.8) is 0 Å². The number of carbonyl (C=O) groups excluding carboxylic acids is 1. The number of methoxy groups -OCH3 is 1. The minimum Gasteiger partial charge on any atom is -0.469 e. The Morgan fingerprint density at radius 1 is 1.69 bits per heavy atom. The van der Waals surface area contributed by atoms with E-state index in [0.29, 0.717) is 6.54 Å². The second-order valence-corrected chi connectivity index (χ2v) is 3.58. The molecule has 0 saturated carbocycles. The van der Waals surface area contributed by atoms with Crippen molar-refractivity contribution in [3.8, 4) is 0 Å². The third-order valence-corrected chi connectivity index (χ3v) is 2.24. The highest BCUT2D eigenvalue weighted by atomic mass is 16.5. The lowest BCUT2D eigenvalue weighted by Crippen LogP contribution is -2.30. The van der Waals surface area contributed by atoms with Gasteiger partial charge in [0.1, 0.15) is 0 Å². The van der Waals surface area contributed by atoms with Crippen LogP contribution in [0.2, 0.25) is 0 Å². The fourth-order valence-corrected chi connectivity index (χ4v) is 1.36. The molecule has 90 valence electrons. The van der Waals surface area contributed by atoms with Crippen molar-refractivity contribution in [2.75, 3.05) is 20.2 Å². The van der Waals surface area contributed by atoms with E-state index >= 15 is 0 Å². The molecule has 16 heavy (non-hydrogen) atoms. The fraction of sp³-hybridized carbons (Fsp3) is 0.545. The number of nitrogens with one attached hydrogen (secondary N) is 2. The minimum atomic E-state index is -0.684. The normalized spacial score (nSPS) is 12.4. The standard InChI is InChI=1S/C11H18N2O3/c1-16-11(15)7-10(14)8-12-6-4-9-3-2-5-13-9/h2-3,5,10,12-14H,4,6-8H2,1H3. The molecule has 0 aliphatic carbocycles. The number of carbonyl (C=O) groups is 1. The van der Waals surface area contributed by atoms with Crippen LogP contribution in [0.25, 0.3) is 0 Å². The molecule has 1 rings (SSSR count). The molecule has 1 aromatic rings. The first kappa shape index (κ1) is 12.7. The lowest BCUT2D eigenvalue weighted by Gasteiger charge is -2.10. The van der Waals surface area contributed by atoms with Gasteiger partial charge in [-0.2, -0.15) is 0 Å². The summed E-state index contributed by atoms with van der Waals surface area (Å²) in [5.41, 5.74) is 1.15. The van der Waals surface area contributed by atoms with Gasteiger partial charge in [-0.25, -0.2) is 0 Å². The summed E-state index contributed by atoms with van der Waals surface area (Å²) in [6.45, 7) is 1.16. The van der Waals surface area contributed by atoms with E-state index in [4.69, 9.17) is 0 Å². The van der Waals surface area contributed by atoms with E-state index in [1.54, 1.807) is 0 Å². The maximum atomic E-state index is 10.8. The largest absolute Gasteiger partial charge is 0.469 e. The number of rotatable bonds is 7. The number of H-pyrrole nitrogens is 1.